The molecule has 0 unspecified atom stereocenters. The van der Waals surface area contributed by atoms with Gasteiger partial charge in [-0.25, -0.2) is 9.97 Å². The molecule has 3 rings (SSSR count). The van der Waals surface area contributed by atoms with Crippen LogP contribution in [0.2, 0.25) is 0 Å². The average Bonchev–Trinajstić information content (AvgIpc) is 2.96. The molecule has 4 nitrogen and oxygen atoms in total. The van der Waals surface area contributed by atoms with E-state index in [2.05, 4.69) is 31.2 Å². The summed E-state index contributed by atoms with van der Waals surface area (Å²) in [7, 11) is 1.91. The highest BCUT2D eigenvalue weighted by Crippen LogP contribution is 2.33. The van der Waals surface area contributed by atoms with Gasteiger partial charge < -0.3 is 9.73 Å². The molecule has 0 atom stereocenters. The minimum absolute atomic E-state index is 0.752. The maximum Gasteiger partial charge on any atom is 0.181 e. The number of benzene rings is 1. The zero-order chi connectivity index (χ0) is 12.5. The SMILES string of the molecule is CNCc1nc(-c2ccc3ncoc3c2)sc1Br. The third-order valence-electron chi connectivity index (χ3n) is 2.57. The second-order valence-electron chi connectivity index (χ2n) is 3.80. The summed E-state index contributed by atoms with van der Waals surface area (Å²) in [5, 5.41) is 4.08. The van der Waals surface area contributed by atoms with Crippen LogP contribution >= 0.6 is 27.3 Å². The highest BCUT2D eigenvalue weighted by molar-refractivity contribution is 9.11. The number of thiazole rings is 1. The topological polar surface area (TPSA) is 51.0 Å². The number of nitrogens with zero attached hydrogens (tertiary/aromatic N) is 2. The molecular weight excluding hydrogens is 314 g/mol. The molecule has 0 radical (unpaired) electrons. The predicted octanol–water partition coefficient (Wildman–Crippen LogP) is 3.43. The number of halogens is 1. The van der Waals surface area contributed by atoms with E-state index in [0.717, 1.165) is 37.7 Å². The fraction of sp³-hybridized carbons (Fsp3) is 0.167. The normalized spacial score (nSPS) is 11.2. The molecule has 1 N–H and O–H groups in total. The first kappa shape index (κ1) is 11.8. The van der Waals surface area contributed by atoms with E-state index in [1.807, 2.05) is 25.2 Å². The van der Waals surface area contributed by atoms with Crippen LogP contribution < -0.4 is 5.32 Å². The highest BCUT2D eigenvalue weighted by atomic mass is 79.9. The first-order chi connectivity index (χ1) is 8.78. The Morgan fingerprint density at radius 2 is 2.33 bits per heavy atom. The number of hydrogen-bond donors (Lipinski definition) is 1. The van der Waals surface area contributed by atoms with Crippen molar-refractivity contribution in [2.24, 2.45) is 0 Å². The van der Waals surface area contributed by atoms with Crippen LogP contribution in [0.3, 0.4) is 0 Å². The van der Waals surface area contributed by atoms with Gasteiger partial charge in [-0.1, -0.05) is 0 Å². The lowest BCUT2D eigenvalue weighted by molar-refractivity contribution is 0.602. The van der Waals surface area contributed by atoms with E-state index in [1.54, 1.807) is 11.3 Å². The largest absolute Gasteiger partial charge is 0.443 e. The van der Waals surface area contributed by atoms with Crippen molar-refractivity contribution in [2.45, 2.75) is 6.54 Å². The molecule has 0 amide bonds. The van der Waals surface area contributed by atoms with E-state index < -0.39 is 0 Å². The Bertz CT molecular complexity index is 692. The predicted molar refractivity (Wildman–Crippen MR) is 75.6 cm³/mol. The molecule has 6 heteroatoms. The molecule has 2 aromatic heterocycles. The summed E-state index contributed by atoms with van der Waals surface area (Å²) in [6.07, 6.45) is 1.46. The van der Waals surface area contributed by atoms with E-state index in [4.69, 9.17) is 4.42 Å². The summed E-state index contributed by atoms with van der Waals surface area (Å²) in [4.78, 5) is 8.71. The summed E-state index contributed by atoms with van der Waals surface area (Å²) in [5.41, 5.74) is 3.72. The Hall–Kier alpha value is -1.24. The number of nitrogens with one attached hydrogen (secondary N) is 1. The van der Waals surface area contributed by atoms with Gasteiger partial charge in [0.05, 0.1) is 9.48 Å². The molecule has 0 aliphatic rings. The van der Waals surface area contributed by atoms with Crippen molar-refractivity contribution >= 4 is 38.4 Å². The lowest BCUT2D eigenvalue weighted by atomic mass is 10.2. The van der Waals surface area contributed by atoms with Gasteiger partial charge in [0.15, 0.2) is 12.0 Å². The number of fused-ring (bicyclic) bond motifs is 1. The molecule has 92 valence electrons. The maximum absolute atomic E-state index is 5.31. The van der Waals surface area contributed by atoms with Gasteiger partial charge in [-0.15, -0.1) is 11.3 Å². The molecule has 0 saturated carbocycles. The smallest absolute Gasteiger partial charge is 0.181 e. The van der Waals surface area contributed by atoms with Crippen molar-refractivity contribution in [3.8, 4) is 10.6 Å². The standard InChI is InChI=1S/C12H10BrN3OS/c1-14-5-9-11(13)18-12(16-9)7-2-3-8-10(4-7)17-6-15-8/h2-4,6,14H,5H2,1H3. The van der Waals surface area contributed by atoms with E-state index >= 15 is 0 Å². The molecule has 0 fully saturated rings. The number of aromatic nitrogens is 2. The van der Waals surface area contributed by atoms with E-state index in [1.165, 1.54) is 6.39 Å². The van der Waals surface area contributed by atoms with Crippen LogP contribution in [0.5, 0.6) is 0 Å². The van der Waals surface area contributed by atoms with E-state index in [0.29, 0.717) is 0 Å². The second kappa shape index (κ2) is 4.79. The molecule has 2 heterocycles. The van der Waals surface area contributed by atoms with Crippen LogP contribution in [-0.2, 0) is 6.54 Å². The Kier molecular flexibility index (Phi) is 3.15. The monoisotopic (exact) mass is 323 g/mol. The molecule has 0 aliphatic heterocycles. The summed E-state index contributed by atoms with van der Waals surface area (Å²) in [6, 6.07) is 5.93. The van der Waals surface area contributed by atoms with Gasteiger partial charge in [0.25, 0.3) is 0 Å². The number of oxazole rings is 1. The minimum atomic E-state index is 0.752. The van der Waals surface area contributed by atoms with Crippen molar-refractivity contribution in [1.29, 1.82) is 0 Å². The lowest BCUT2D eigenvalue weighted by Crippen LogP contribution is -2.05. The first-order valence-corrected chi connectivity index (χ1v) is 7.02. The van der Waals surface area contributed by atoms with Gasteiger partial charge in [-0.2, -0.15) is 0 Å². The van der Waals surface area contributed by atoms with E-state index in [-0.39, 0.29) is 0 Å². The molecule has 0 bridgehead atoms. The molecule has 18 heavy (non-hydrogen) atoms. The highest BCUT2D eigenvalue weighted by Gasteiger charge is 2.11. The zero-order valence-corrected chi connectivity index (χ0v) is 12.0. The fourth-order valence-electron chi connectivity index (χ4n) is 1.72. The van der Waals surface area contributed by atoms with Crippen molar-refractivity contribution in [1.82, 2.24) is 15.3 Å². The molecule has 0 aliphatic carbocycles. The van der Waals surface area contributed by atoms with Crippen LogP contribution in [0.25, 0.3) is 21.7 Å². The summed E-state index contributed by atoms with van der Waals surface area (Å²) in [6.45, 7) is 0.752. The van der Waals surface area contributed by atoms with Gasteiger partial charge in [0.2, 0.25) is 0 Å². The van der Waals surface area contributed by atoms with Gasteiger partial charge in [0, 0.05) is 12.1 Å². The summed E-state index contributed by atoms with van der Waals surface area (Å²) < 4.78 is 6.37. The van der Waals surface area contributed by atoms with Crippen LogP contribution in [0.15, 0.2) is 32.8 Å². The lowest BCUT2D eigenvalue weighted by Gasteiger charge is -1.95. The quantitative estimate of drug-likeness (QED) is 0.802. The first-order valence-electron chi connectivity index (χ1n) is 5.41. The number of hydrogen-bond acceptors (Lipinski definition) is 5. The number of rotatable bonds is 3. The minimum Gasteiger partial charge on any atom is -0.443 e. The van der Waals surface area contributed by atoms with Gasteiger partial charge in [-0.3, -0.25) is 0 Å². The molecule has 0 spiro atoms. The molecule has 0 saturated heterocycles. The Morgan fingerprint density at radius 1 is 1.44 bits per heavy atom. The summed E-state index contributed by atoms with van der Waals surface area (Å²) in [5.74, 6) is 0. The zero-order valence-electron chi connectivity index (χ0n) is 9.61. The molecule has 1 aromatic carbocycles. The van der Waals surface area contributed by atoms with Gasteiger partial charge >= 0.3 is 0 Å². The van der Waals surface area contributed by atoms with Crippen molar-refractivity contribution in [2.75, 3.05) is 7.05 Å². The second-order valence-corrected chi connectivity index (χ2v) is 6.12. The van der Waals surface area contributed by atoms with Crippen LogP contribution in [0.4, 0.5) is 0 Å². The van der Waals surface area contributed by atoms with Crippen molar-refractivity contribution < 1.29 is 4.42 Å². The van der Waals surface area contributed by atoms with Gasteiger partial charge in [0.1, 0.15) is 10.5 Å². The third kappa shape index (κ3) is 2.07. The van der Waals surface area contributed by atoms with Crippen LogP contribution in [-0.4, -0.2) is 17.0 Å². The molecular formula is C12H10BrN3OS. The Balaban J connectivity index is 2.05. The van der Waals surface area contributed by atoms with Gasteiger partial charge in [-0.05, 0) is 41.2 Å². The Morgan fingerprint density at radius 3 is 3.17 bits per heavy atom. The van der Waals surface area contributed by atoms with Crippen molar-refractivity contribution in [3.63, 3.8) is 0 Å². The van der Waals surface area contributed by atoms with Crippen LogP contribution in [0, 0.1) is 0 Å². The summed E-state index contributed by atoms with van der Waals surface area (Å²) >= 11 is 5.16. The maximum atomic E-state index is 5.31. The van der Waals surface area contributed by atoms with E-state index in [9.17, 15) is 0 Å². The third-order valence-corrected chi connectivity index (χ3v) is 4.45. The van der Waals surface area contributed by atoms with Crippen molar-refractivity contribution in [3.05, 3.63) is 34.1 Å². The Labute approximate surface area is 116 Å². The van der Waals surface area contributed by atoms with Crippen LogP contribution in [0.1, 0.15) is 5.69 Å². The fourth-order valence-corrected chi connectivity index (χ4v) is 3.22. The average molecular weight is 324 g/mol. The molecule has 3 aromatic rings.